The summed E-state index contributed by atoms with van der Waals surface area (Å²) in [4.78, 5) is 12.2. The van der Waals surface area contributed by atoms with Crippen molar-refractivity contribution in [1.29, 1.82) is 0 Å². The van der Waals surface area contributed by atoms with E-state index in [1.165, 1.54) is 0 Å². The van der Waals surface area contributed by atoms with E-state index in [4.69, 9.17) is 0 Å². The molecule has 1 atom stereocenters. The van der Waals surface area contributed by atoms with Gasteiger partial charge in [0.25, 0.3) is 0 Å². The number of amides is 1. The number of allylic oxidation sites excluding steroid dienone is 2. The first-order valence-corrected chi connectivity index (χ1v) is 7.44. The van der Waals surface area contributed by atoms with Gasteiger partial charge in [0, 0.05) is 17.7 Å². The number of para-hydroxylation sites is 1. The van der Waals surface area contributed by atoms with Crippen LogP contribution in [0.5, 0.6) is 0 Å². The molecule has 0 radical (unpaired) electrons. The second kappa shape index (κ2) is 6.40. The molecule has 0 aliphatic heterocycles. The first-order valence-electron chi connectivity index (χ1n) is 7.44. The molecule has 0 spiro atoms. The molecule has 1 N–H and O–H groups in total. The standard InChI is InChI=1S/C19H19NO/c21-19(14-15-8-4-5-9-15)20-18-13-7-6-12-17(18)16-10-2-1-3-11-16/h1-4,6-8,10-13,15H,5,9,14H2,(H,20,21). The highest BCUT2D eigenvalue weighted by Gasteiger charge is 2.15. The fraction of sp³-hybridized carbons (Fsp3) is 0.211. The molecule has 0 aromatic heterocycles. The summed E-state index contributed by atoms with van der Waals surface area (Å²) in [6.07, 6.45) is 7.07. The van der Waals surface area contributed by atoms with Gasteiger partial charge >= 0.3 is 0 Å². The fourth-order valence-corrected chi connectivity index (χ4v) is 2.77. The summed E-state index contributed by atoms with van der Waals surface area (Å²) < 4.78 is 0. The summed E-state index contributed by atoms with van der Waals surface area (Å²) in [5.74, 6) is 0.490. The minimum atomic E-state index is 0.0925. The predicted octanol–water partition coefficient (Wildman–Crippen LogP) is 4.65. The third-order valence-corrected chi connectivity index (χ3v) is 3.85. The molecule has 2 nitrogen and oxygen atoms in total. The minimum absolute atomic E-state index is 0.0925. The van der Waals surface area contributed by atoms with E-state index in [1.54, 1.807) is 0 Å². The second-order valence-corrected chi connectivity index (χ2v) is 5.43. The van der Waals surface area contributed by atoms with Crippen molar-refractivity contribution in [2.24, 2.45) is 5.92 Å². The van der Waals surface area contributed by atoms with Crippen LogP contribution in [0.25, 0.3) is 11.1 Å². The smallest absolute Gasteiger partial charge is 0.224 e. The van der Waals surface area contributed by atoms with E-state index in [-0.39, 0.29) is 5.91 Å². The molecule has 21 heavy (non-hydrogen) atoms. The van der Waals surface area contributed by atoms with Crippen LogP contribution in [0.3, 0.4) is 0 Å². The highest BCUT2D eigenvalue weighted by Crippen LogP contribution is 2.28. The zero-order valence-electron chi connectivity index (χ0n) is 12.0. The van der Waals surface area contributed by atoms with Crippen LogP contribution >= 0.6 is 0 Å². The van der Waals surface area contributed by atoms with E-state index < -0.39 is 0 Å². The average molecular weight is 277 g/mol. The molecule has 1 unspecified atom stereocenters. The molecule has 2 heteroatoms. The van der Waals surface area contributed by atoms with Gasteiger partial charge in [-0.25, -0.2) is 0 Å². The Balaban J connectivity index is 1.76. The number of hydrogen-bond acceptors (Lipinski definition) is 1. The van der Waals surface area contributed by atoms with Crippen LogP contribution in [0.15, 0.2) is 66.7 Å². The normalized spacial score (nSPS) is 16.9. The van der Waals surface area contributed by atoms with Gasteiger partial charge in [0.1, 0.15) is 0 Å². The van der Waals surface area contributed by atoms with Gasteiger partial charge < -0.3 is 5.32 Å². The Morgan fingerprint density at radius 1 is 1.05 bits per heavy atom. The van der Waals surface area contributed by atoms with Crippen molar-refractivity contribution < 1.29 is 4.79 Å². The van der Waals surface area contributed by atoms with E-state index in [2.05, 4.69) is 29.6 Å². The number of carbonyl (C=O) groups is 1. The third kappa shape index (κ3) is 3.40. The second-order valence-electron chi connectivity index (χ2n) is 5.43. The Kier molecular flexibility index (Phi) is 4.15. The fourth-order valence-electron chi connectivity index (χ4n) is 2.77. The van der Waals surface area contributed by atoms with Gasteiger partial charge in [-0.1, -0.05) is 60.7 Å². The van der Waals surface area contributed by atoms with Gasteiger partial charge in [-0.2, -0.15) is 0 Å². The van der Waals surface area contributed by atoms with Gasteiger partial charge in [0.2, 0.25) is 5.91 Å². The van der Waals surface area contributed by atoms with Crippen LogP contribution in [0.1, 0.15) is 19.3 Å². The average Bonchev–Trinajstić information content (AvgIpc) is 3.01. The van der Waals surface area contributed by atoms with E-state index in [0.717, 1.165) is 29.7 Å². The summed E-state index contributed by atoms with van der Waals surface area (Å²) in [6, 6.07) is 18.1. The van der Waals surface area contributed by atoms with Crippen molar-refractivity contribution in [2.45, 2.75) is 19.3 Å². The van der Waals surface area contributed by atoms with Crippen LogP contribution < -0.4 is 5.32 Å². The van der Waals surface area contributed by atoms with Crippen LogP contribution in [-0.4, -0.2) is 5.91 Å². The molecule has 0 bridgehead atoms. The largest absolute Gasteiger partial charge is 0.325 e. The van der Waals surface area contributed by atoms with Crippen molar-refractivity contribution in [2.75, 3.05) is 5.32 Å². The molecule has 0 heterocycles. The molecule has 0 saturated heterocycles. The first-order chi connectivity index (χ1) is 10.3. The lowest BCUT2D eigenvalue weighted by molar-refractivity contribution is -0.116. The number of anilines is 1. The molecule has 0 fully saturated rings. The van der Waals surface area contributed by atoms with Crippen LogP contribution in [0.2, 0.25) is 0 Å². The highest BCUT2D eigenvalue weighted by molar-refractivity contribution is 5.95. The quantitative estimate of drug-likeness (QED) is 0.810. The molecule has 1 amide bonds. The molecule has 106 valence electrons. The Hall–Kier alpha value is -2.35. The van der Waals surface area contributed by atoms with E-state index in [0.29, 0.717) is 12.3 Å². The molecule has 2 aromatic carbocycles. The van der Waals surface area contributed by atoms with Crippen molar-refractivity contribution in [1.82, 2.24) is 0 Å². The summed E-state index contributed by atoms with van der Waals surface area (Å²) in [6.45, 7) is 0. The lowest BCUT2D eigenvalue weighted by Gasteiger charge is -2.13. The maximum atomic E-state index is 12.2. The predicted molar refractivity (Wildman–Crippen MR) is 87.0 cm³/mol. The van der Waals surface area contributed by atoms with E-state index >= 15 is 0 Å². The summed E-state index contributed by atoms with van der Waals surface area (Å²) in [7, 11) is 0. The molecule has 2 aromatic rings. The Morgan fingerprint density at radius 2 is 1.81 bits per heavy atom. The molecule has 3 rings (SSSR count). The zero-order valence-corrected chi connectivity index (χ0v) is 12.0. The summed E-state index contributed by atoms with van der Waals surface area (Å²) in [5, 5.41) is 3.06. The molecule has 1 aliphatic rings. The summed E-state index contributed by atoms with van der Waals surface area (Å²) >= 11 is 0. The van der Waals surface area contributed by atoms with Gasteiger partial charge in [-0.3, -0.25) is 4.79 Å². The van der Waals surface area contributed by atoms with Gasteiger partial charge in [-0.15, -0.1) is 0 Å². The van der Waals surface area contributed by atoms with Crippen molar-refractivity contribution in [3.8, 4) is 11.1 Å². The zero-order chi connectivity index (χ0) is 14.5. The van der Waals surface area contributed by atoms with Crippen molar-refractivity contribution in [3.63, 3.8) is 0 Å². The highest BCUT2D eigenvalue weighted by atomic mass is 16.1. The monoisotopic (exact) mass is 277 g/mol. The van der Waals surface area contributed by atoms with E-state index in [1.807, 2.05) is 42.5 Å². The lowest BCUT2D eigenvalue weighted by Crippen LogP contribution is -2.15. The first kappa shape index (κ1) is 13.6. The Labute approximate surface area is 125 Å². The topological polar surface area (TPSA) is 29.1 Å². The third-order valence-electron chi connectivity index (χ3n) is 3.85. The van der Waals surface area contributed by atoms with Gasteiger partial charge in [-0.05, 0) is 30.4 Å². The van der Waals surface area contributed by atoms with Gasteiger partial charge in [0.05, 0.1) is 0 Å². The maximum Gasteiger partial charge on any atom is 0.224 e. The van der Waals surface area contributed by atoms with Crippen molar-refractivity contribution in [3.05, 3.63) is 66.7 Å². The molecule has 1 aliphatic carbocycles. The Morgan fingerprint density at radius 3 is 2.57 bits per heavy atom. The SMILES string of the molecule is O=C(CC1C=CCC1)Nc1ccccc1-c1ccccc1. The van der Waals surface area contributed by atoms with Crippen molar-refractivity contribution >= 4 is 11.6 Å². The van der Waals surface area contributed by atoms with Crippen LogP contribution in [0, 0.1) is 5.92 Å². The molecule has 0 saturated carbocycles. The maximum absolute atomic E-state index is 12.2. The van der Waals surface area contributed by atoms with Gasteiger partial charge in [0.15, 0.2) is 0 Å². The number of nitrogens with one attached hydrogen (secondary N) is 1. The molecular formula is C19H19NO. The number of rotatable bonds is 4. The van der Waals surface area contributed by atoms with Crippen LogP contribution in [0.4, 0.5) is 5.69 Å². The Bertz CT molecular complexity index is 646. The summed E-state index contributed by atoms with van der Waals surface area (Å²) in [5.41, 5.74) is 3.07. The number of carbonyl (C=O) groups excluding carboxylic acids is 1. The lowest BCUT2D eigenvalue weighted by atomic mass is 10.0. The van der Waals surface area contributed by atoms with E-state index in [9.17, 15) is 4.79 Å². The number of hydrogen-bond donors (Lipinski definition) is 1. The number of benzene rings is 2. The molecular weight excluding hydrogens is 258 g/mol. The van der Waals surface area contributed by atoms with Crippen LogP contribution in [-0.2, 0) is 4.79 Å². The minimum Gasteiger partial charge on any atom is -0.325 e.